The summed E-state index contributed by atoms with van der Waals surface area (Å²) in [5, 5.41) is 25.8. The number of rotatable bonds is 12. The highest BCUT2D eigenvalue weighted by Crippen LogP contribution is 2.50. The van der Waals surface area contributed by atoms with E-state index < -0.39 is 23.3 Å². The molecule has 11 rings (SSSR count). The Labute approximate surface area is 425 Å². The molecule has 11 aromatic rings. The Hall–Kier alpha value is -10.0. The van der Waals surface area contributed by atoms with E-state index in [1.54, 1.807) is 103 Å². The number of nitriles is 2. The summed E-state index contributed by atoms with van der Waals surface area (Å²) in [5.74, 6) is -2.63. The Kier molecular flexibility index (Phi) is 12.1. The van der Waals surface area contributed by atoms with E-state index in [0.29, 0.717) is 60.1 Å². The molecule has 0 saturated carbocycles. The van der Waals surface area contributed by atoms with Gasteiger partial charge in [0.1, 0.15) is 35.4 Å². The minimum Gasteiger partial charge on any atom is -0.303 e. The number of allylic oxidation sites excluding steroid dienone is 4. The van der Waals surface area contributed by atoms with Crippen molar-refractivity contribution in [1.29, 1.82) is 10.5 Å². The van der Waals surface area contributed by atoms with Crippen LogP contribution in [0.1, 0.15) is 16.7 Å². The number of hydrogen-bond donors (Lipinski definition) is 0. The third-order valence-electron chi connectivity index (χ3n) is 13.5. The van der Waals surface area contributed by atoms with Gasteiger partial charge in [0.15, 0.2) is 0 Å². The quantitative estimate of drug-likeness (QED) is 0.0695. The van der Waals surface area contributed by atoms with E-state index in [9.17, 15) is 10.5 Å². The van der Waals surface area contributed by atoms with Gasteiger partial charge in [0, 0.05) is 10.8 Å². The molecule has 0 atom stereocenters. The van der Waals surface area contributed by atoms with Crippen LogP contribution in [-0.4, -0.2) is 0 Å². The second-order valence-corrected chi connectivity index (χ2v) is 17.7. The van der Waals surface area contributed by atoms with Gasteiger partial charge in [-0.1, -0.05) is 171 Å². The van der Waals surface area contributed by atoms with Gasteiger partial charge in [-0.3, -0.25) is 0 Å². The first kappa shape index (κ1) is 46.4. The second-order valence-electron chi connectivity index (χ2n) is 17.7. The summed E-state index contributed by atoms with van der Waals surface area (Å²) in [7, 11) is 0. The molecule has 0 aliphatic rings. The van der Waals surface area contributed by atoms with Gasteiger partial charge >= 0.3 is 0 Å². The minimum atomic E-state index is -0.687. The molecular formula is C66H40F4N4. The Morgan fingerprint density at radius 1 is 0.392 bits per heavy atom. The molecule has 0 amide bonds. The van der Waals surface area contributed by atoms with E-state index in [0.717, 1.165) is 16.7 Å². The normalized spacial score (nSPS) is 11.4. The van der Waals surface area contributed by atoms with Gasteiger partial charge < -0.3 is 9.80 Å². The lowest BCUT2D eigenvalue weighted by molar-refractivity contribution is 0.619. The summed E-state index contributed by atoms with van der Waals surface area (Å²) in [4.78, 5) is 2.87. The van der Waals surface area contributed by atoms with Gasteiger partial charge in [0.05, 0.1) is 45.3 Å². The molecule has 0 N–H and O–H groups in total. The van der Waals surface area contributed by atoms with E-state index >= 15 is 17.6 Å². The molecule has 0 radical (unpaired) electrons. The fraction of sp³-hybridized carbons (Fsp3) is 0. The fourth-order valence-electron chi connectivity index (χ4n) is 10.1. The molecule has 0 bridgehead atoms. The van der Waals surface area contributed by atoms with Crippen molar-refractivity contribution in [3.05, 3.63) is 272 Å². The summed E-state index contributed by atoms with van der Waals surface area (Å²) < 4.78 is 67.6. The molecule has 74 heavy (non-hydrogen) atoms. The van der Waals surface area contributed by atoms with Crippen LogP contribution in [0.25, 0.3) is 71.3 Å². The maximum Gasteiger partial charge on any atom is 0.147 e. The summed E-state index contributed by atoms with van der Waals surface area (Å²) >= 11 is 0. The first-order chi connectivity index (χ1) is 36.2. The highest BCUT2D eigenvalue weighted by atomic mass is 19.1. The predicted octanol–water partition coefficient (Wildman–Crippen LogP) is 18.6. The highest BCUT2D eigenvalue weighted by molar-refractivity contribution is 6.27. The van der Waals surface area contributed by atoms with Crippen LogP contribution in [0.5, 0.6) is 0 Å². The molecule has 11 aromatic carbocycles. The standard InChI is InChI=1S/C66H40F4N4/c1-3-14-41(4-2)45-23-29-59(55(67)33-45)73(60-30-24-46(34-56(60)68)42-15-8-5-9-16-42)63-37-49-21-28-52-54(40-72)64(38-50-22-27-51(53(63)39-71)65(49)66(50)52)74(61-31-25-47(35-57(61)69)43-17-10-6-11-18-43)62-32-26-48(36-58(62)70)44-19-12-7-13-20-44/h3-38H,1-2H2/b41-14+. The number of anilines is 6. The van der Waals surface area contributed by atoms with E-state index in [1.165, 1.54) is 34.1 Å². The first-order valence-corrected chi connectivity index (χ1v) is 23.7. The van der Waals surface area contributed by atoms with Crippen molar-refractivity contribution in [2.24, 2.45) is 0 Å². The Balaban J connectivity index is 1.12. The molecular weight excluding hydrogens is 925 g/mol. The summed E-state index contributed by atoms with van der Waals surface area (Å²) in [6, 6.07) is 62.1. The van der Waals surface area contributed by atoms with Crippen LogP contribution in [0.15, 0.2) is 232 Å². The maximum atomic E-state index is 16.9. The predicted molar refractivity (Wildman–Crippen MR) is 293 cm³/mol. The molecule has 352 valence electrons. The Morgan fingerprint density at radius 2 is 0.757 bits per heavy atom. The first-order valence-electron chi connectivity index (χ1n) is 23.7. The van der Waals surface area contributed by atoms with Gasteiger partial charge in [-0.05, 0) is 127 Å². The highest BCUT2D eigenvalue weighted by Gasteiger charge is 2.29. The van der Waals surface area contributed by atoms with Crippen LogP contribution in [0.2, 0.25) is 0 Å². The number of hydrogen-bond acceptors (Lipinski definition) is 4. The zero-order valence-corrected chi connectivity index (χ0v) is 39.5. The third-order valence-corrected chi connectivity index (χ3v) is 13.5. The summed E-state index contributed by atoms with van der Waals surface area (Å²) in [5.41, 5.74) is 6.01. The van der Waals surface area contributed by atoms with Gasteiger partial charge in [-0.2, -0.15) is 10.5 Å². The molecule has 0 spiro atoms. The molecule has 4 nitrogen and oxygen atoms in total. The smallest absolute Gasteiger partial charge is 0.147 e. The lowest BCUT2D eigenvalue weighted by Crippen LogP contribution is -2.16. The van der Waals surface area contributed by atoms with Crippen LogP contribution >= 0.6 is 0 Å². The van der Waals surface area contributed by atoms with Crippen LogP contribution in [0.3, 0.4) is 0 Å². The van der Waals surface area contributed by atoms with E-state index in [1.807, 2.05) is 91.0 Å². The SMILES string of the molecule is C=C/C=C(\C=C)c1ccc(N(c2ccc(-c3ccccc3)cc2F)c2cc3ccc4c(C#N)c(N(c5ccc(-c6ccccc6)cc5F)c5ccc(-c6ccccc6)cc5F)cc5ccc(c2C#N)c3c54)c(F)c1. The molecule has 0 unspecified atom stereocenters. The van der Waals surface area contributed by atoms with E-state index in [2.05, 4.69) is 25.3 Å². The fourth-order valence-corrected chi connectivity index (χ4v) is 10.1. The van der Waals surface area contributed by atoms with Crippen LogP contribution in [-0.2, 0) is 0 Å². The average molecular weight is 965 g/mol. The number of nitrogens with zero attached hydrogens (tertiary/aromatic N) is 4. The van der Waals surface area contributed by atoms with E-state index in [4.69, 9.17) is 0 Å². The van der Waals surface area contributed by atoms with Crippen LogP contribution < -0.4 is 9.80 Å². The molecule has 0 saturated heterocycles. The molecule has 0 aliphatic heterocycles. The largest absolute Gasteiger partial charge is 0.303 e. The van der Waals surface area contributed by atoms with Gasteiger partial charge in [-0.15, -0.1) is 0 Å². The van der Waals surface area contributed by atoms with Crippen molar-refractivity contribution in [2.45, 2.75) is 0 Å². The lowest BCUT2D eigenvalue weighted by atomic mass is 9.88. The van der Waals surface area contributed by atoms with Crippen molar-refractivity contribution in [3.63, 3.8) is 0 Å². The van der Waals surface area contributed by atoms with Gasteiger partial charge in [0.25, 0.3) is 0 Å². The van der Waals surface area contributed by atoms with Crippen LogP contribution in [0.4, 0.5) is 51.7 Å². The molecule has 0 aliphatic carbocycles. The van der Waals surface area contributed by atoms with Crippen molar-refractivity contribution in [3.8, 4) is 45.5 Å². The molecule has 0 aromatic heterocycles. The monoisotopic (exact) mass is 964 g/mol. The number of benzene rings is 11. The maximum absolute atomic E-state index is 16.9. The Bertz CT molecular complexity index is 4050. The zero-order valence-electron chi connectivity index (χ0n) is 39.5. The molecule has 0 heterocycles. The average Bonchev–Trinajstić information content (AvgIpc) is 3.44. The second kappa shape index (κ2) is 19.3. The minimum absolute atomic E-state index is 0.00390. The summed E-state index contributed by atoms with van der Waals surface area (Å²) in [6.07, 6.45) is 4.87. The zero-order chi connectivity index (χ0) is 51.0. The van der Waals surface area contributed by atoms with E-state index in [-0.39, 0.29) is 45.3 Å². The molecule has 0 fully saturated rings. The van der Waals surface area contributed by atoms with Crippen molar-refractivity contribution >= 4 is 72.0 Å². The summed E-state index contributed by atoms with van der Waals surface area (Å²) in [6.45, 7) is 7.64. The van der Waals surface area contributed by atoms with Crippen molar-refractivity contribution in [1.82, 2.24) is 0 Å². The Morgan fingerprint density at radius 3 is 1.08 bits per heavy atom. The van der Waals surface area contributed by atoms with Gasteiger partial charge in [0.2, 0.25) is 0 Å². The molecule has 8 heteroatoms. The lowest BCUT2D eigenvalue weighted by Gasteiger charge is -2.30. The van der Waals surface area contributed by atoms with Gasteiger partial charge in [-0.25, -0.2) is 17.6 Å². The van der Waals surface area contributed by atoms with Crippen LogP contribution in [0, 0.1) is 45.9 Å². The topological polar surface area (TPSA) is 54.1 Å². The number of halogens is 4. The van der Waals surface area contributed by atoms with Crippen molar-refractivity contribution < 1.29 is 17.6 Å². The van der Waals surface area contributed by atoms with Crippen molar-refractivity contribution in [2.75, 3.05) is 9.80 Å². The third kappa shape index (κ3) is 8.07.